The van der Waals surface area contributed by atoms with Crippen molar-refractivity contribution in [3.05, 3.63) is 59.8 Å². The lowest BCUT2D eigenvalue weighted by Gasteiger charge is -2.12. The lowest BCUT2D eigenvalue weighted by Crippen LogP contribution is -2.13. The fourth-order valence-electron chi connectivity index (χ4n) is 2.67. The molecule has 0 atom stereocenters. The van der Waals surface area contributed by atoms with Crippen LogP contribution in [0.4, 0.5) is 0 Å². The van der Waals surface area contributed by atoms with Gasteiger partial charge in [0, 0.05) is 18.1 Å². The molecule has 2 aromatic carbocycles. The normalized spacial score (nSPS) is 11.8. The first kappa shape index (κ1) is 15.6. The summed E-state index contributed by atoms with van der Waals surface area (Å²) < 4.78 is 32.8. The summed E-state index contributed by atoms with van der Waals surface area (Å²) in [6.45, 7) is 2.16. The number of rotatable bonds is 4. The van der Waals surface area contributed by atoms with E-state index >= 15 is 0 Å². The molecule has 6 heteroatoms. The van der Waals surface area contributed by atoms with Crippen molar-refractivity contribution in [3.8, 4) is 5.75 Å². The molecular weight excluding hydrogens is 312 g/mol. The highest BCUT2D eigenvalue weighted by Gasteiger charge is 2.24. The number of nitrogens with two attached hydrogens (primary N) is 1. The largest absolute Gasteiger partial charge is 0.495 e. The summed E-state index contributed by atoms with van der Waals surface area (Å²) >= 11 is 0. The molecule has 3 aromatic rings. The molecule has 0 saturated carbocycles. The summed E-state index contributed by atoms with van der Waals surface area (Å²) in [6, 6.07) is 12.3. The van der Waals surface area contributed by atoms with E-state index in [0.717, 1.165) is 16.5 Å². The van der Waals surface area contributed by atoms with Gasteiger partial charge in [0.25, 0.3) is 10.0 Å². The van der Waals surface area contributed by atoms with Crippen molar-refractivity contribution in [1.82, 2.24) is 3.97 Å². The van der Waals surface area contributed by atoms with Crippen LogP contribution in [0, 0.1) is 6.92 Å². The van der Waals surface area contributed by atoms with Gasteiger partial charge in [0.05, 0.1) is 12.6 Å². The second kappa shape index (κ2) is 5.72. The maximum absolute atomic E-state index is 13.1. The third-order valence-corrected chi connectivity index (χ3v) is 5.55. The van der Waals surface area contributed by atoms with E-state index in [2.05, 4.69) is 0 Å². The van der Waals surface area contributed by atoms with E-state index in [0.29, 0.717) is 11.3 Å². The van der Waals surface area contributed by atoms with Gasteiger partial charge in [-0.2, -0.15) is 0 Å². The molecule has 0 bridgehead atoms. The molecular formula is C17H18N2O3S. The second-order valence-electron chi connectivity index (χ2n) is 5.33. The van der Waals surface area contributed by atoms with Crippen LogP contribution in [-0.4, -0.2) is 19.5 Å². The Bertz CT molecular complexity index is 975. The first-order chi connectivity index (χ1) is 11.0. The minimum absolute atomic E-state index is 0.134. The smallest absolute Gasteiger partial charge is 0.271 e. The van der Waals surface area contributed by atoms with Crippen LogP contribution >= 0.6 is 0 Å². The molecule has 2 N–H and O–H groups in total. The standard InChI is InChI=1S/C17H18N2O3S/c1-12-7-8-17(16(9-12)22-2)23(20,21)19-11-13(10-18)14-5-3-4-6-15(14)19/h3-9,11H,10,18H2,1-2H3. The van der Waals surface area contributed by atoms with E-state index in [1.807, 2.05) is 19.1 Å². The van der Waals surface area contributed by atoms with Crippen LogP contribution in [0.15, 0.2) is 53.6 Å². The molecule has 0 unspecified atom stereocenters. The third-order valence-electron chi connectivity index (χ3n) is 3.84. The Balaban J connectivity index is 2.30. The molecule has 3 rings (SSSR count). The molecule has 1 heterocycles. The van der Waals surface area contributed by atoms with E-state index in [9.17, 15) is 8.42 Å². The minimum Gasteiger partial charge on any atom is -0.495 e. The lowest BCUT2D eigenvalue weighted by atomic mass is 10.2. The van der Waals surface area contributed by atoms with E-state index < -0.39 is 10.0 Å². The highest BCUT2D eigenvalue weighted by Crippen LogP contribution is 2.30. The molecule has 0 aliphatic heterocycles. The number of nitrogens with zero attached hydrogens (tertiary/aromatic N) is 1. The number of aryl methyl sites for hydroxylation is 1. The predicted octanol–water partition coefficient (Wildman–Crippen LogP) is 2.65. The van der Waals surface area contributed by atoms with Gasteiger partial charge < -0.3 is 10.5 Å². The summed E-state index contributed by atoms with van der Waals surface area (Å²) in [6.07, 6.45) is 1.58. The molecule has 5 nitrogen and oxygen atoms in total. The number of hydrogen-bond acceptors (Lipinski definition) is 4. The Morgan fingerprint density at radius 3 is 2.61 bits per heavy atom. The van der Waals surface area contributed by atoms with Crippen LogP contribution < -0.4 is 10.5 Å². The first-order valence-corrected chi connectivity index (χ1v) is 8.62. The predicted molar refractivity (Wildman–Crippen MR) is 90.1 cm³/mol. The van der Waals surface area contributed by atoms with Crippen molar-refractivity contribution in [2.45, 2.75) is 18.4 Å². The molecule has 23 heavy (non-hydrogen) atoms. The van der Waals surface area contributed by atoms with Gasteiger partial charge in [0.1, 0.15) is 10.6 Å². The van der Waals surface area contributed by atoms with Crippen molar-refractivity contribution >= 4 is 20.9 Å². The third kappa shape index (κ3) is 2.50. The minimum atomic E-state index is -3.78. The number of fused-ring (bicyclic) bond motifs is 1. The highest BCUT2D eigenvalue weighted by molar-refractivity contribution is 7.90. The summed E-state index contributed by atoms with van der Waals surface area (Å²) in [7, 11) is -2.31. The maximum atomic E-state index is 13.1. The lowest BCUT2D eigenvalue weighted by molar-refractivity contribution is 0.402. The quantitative estimate of drug-likeness (QED) is 0.798. The number of para-hydroxylation sites is 1. The van der Waals surface area contributed by atoms with Crippen molar-refractivity contribution in [1.29, 1.82) is 0 Å². The molecule has 0 spiro atoms. The van der Waals surface area contributed by atoms with Crippen molar-refractivity contribution < 1.29 is 13.2 Å². The molecule has 1 aromatic heterocycles. The molecule has 0 fully saturated rings. The van der Waals surface area contributed by atoms with Crippen molar-refractivity contribution in [3.63, 3.8) is 0 Å². The first-order valence-electron chi connectivity index (χ1n) is 7.18. The Hall–Kier alpha value is -2.31. The molecule has 0 saturated heterocycles. The molecule has 0 amide bonds. The van der Waals surface area contributed by atoms with Gasteiger partial charge >= 0.3 is 0 Å². The van der Waals surface area contributed by atoms with Gasteiger partial charge in [0.2, 0.25) is 0 Å². The maximum Gasteiger partial charge on any atom is 0.271 e. The Morgan fingerprint density at radius 2 is 1.91 bits per heavy atom. The number of aromatic nitrogens is 1. The summed E-state index contributed by atoms with van der Waals surface area (Å²) in [4.78, 5) is 0.134. The number of benzene rings is 2. The van der Waals surface area contributed by atoms with Crippen molar-refractivity contribution in [2.24, 2.45) is 5.73 Å². The molecule has 120 valence electrons. The summed E-state index contributed by atoms with van der Waals surface area (Å²) in [5.74, 6) is 0.331. The zero-order valence-corrected chi connectivity index (χ0v) is 13.8. The monoisotopic (exact) mass is 330 g/mol. The average molecular weight is 330 g/mol. The highest BCUT2D eigenvalue weighted by atomic mass is 32.2. The van der Waals surface area contributed by atoms with Crippen LogP contribution in [0.2, 0.25) is 0 Å². The van der Waals surface area contributed by atoms with Crippen molar-refractivity contribution in [2.75, 3.05) is 7.11 Å². The zero-order chi connectivity index (χ0) is 16.6. The van der Waals surface area contributed by atoms with Gasteiger partial charge in [-0.1, -0.05) is 24.3 Å². The summed E-state index contributed by atoms with van der Waals surface area (Å²) in [5.41, 5.74) is 8.08. The Kier molecular flexibility index (Phi) is 3.87. The Labute approximate surface area is 135 Å². The molecule has 0 aliphatic carbocycles. The van der Waals surface area contributed by atoms with Gasteiger partial charge in [-0.25, -0.2) is 12.4 Å². The fraction of sp³-hybridized carbons (Fsp3) is 0.176. The summed E-state index contributed by atoms with van der Waals surface area (Å²) in [5, 5.41) is 0.838. The van der Waals surface area contributed by atoms with Gasteiger partial charge in [-0.05, 0) is 36.2 Å². The topological polar surface area (TPSA) is 74.3 Å². The number of ether oxygens (including phenoxy) is 1. The SMILES string of the molecule is COc1cc(C)ccc1S(=O)(=O)n1cc(CN)c2ccccc21. The van der Waals surface area contributed by atoms with Crippen LogP contribution in [0.25, 0.3) is 10.9 Å². The van der Waals surface area contributed by atoms with Gasteiger partial charge in [-0.3, -0.25) is 0 Å². The average Bonchev–Trinajstić information content (AvgIpc) is 2.94. The van der Waals surface area contributed by atoms with Gasteiger partial charge in [0.15, 0.2) is 0 Å². The van der Waals surface area contributed by atoms with Gasteiger partial charge in [-0.15, -0.1) is 0 Å². The van der Waals surface area contributed by atoms with E-state index in [1.54, 1.807) is 36.5 Å². The van der Waals surface area contributed by atoms with Crippen LogP contribution in [-0.2, 0) is 16.6 Å². The number of methoxy groups -OCH3 is 1. The van der Waals surface area contributed by atoms with E-state index in [4.69, 9.17) is 10.5 Å². The van der Waals surface area contributed by atoms with Crippen LogP contribution in [0.1, 0.15) is 11.1 Å². The van der Waals surface area contributed by atoms with Crippen LogP contribution in [0.3, 0.4) is 0 Å². The Morgan fingerprint density at radius 1 is 1.17 bits per heavy atom. The van der Waals surface area contributed by atoms with Crippen LogP contribution in [0.5, 0.6) is 5.75 Å². The van der Waals surface area contributed by atoms with E-state index in [1.165, 1.54) is 11.1 Å². The second-order valence-corrected chi connectivity index (χ2v) is 7.11. The molecule has 0 radical (unpaired) electrons. The van der Waals surface area contributed by atoms with E-state index in [-0.39, 0.29) is 11.4 Å². The fourth-order valence-corrected chi connectivity index (χ4v) is 4.21. The zero-order valence-electron chi connectivity index (χ0n) is 13.0. The number of hydrogen-bond donors (Lipinski definition) is 1. The molecule has 0 aliphatic rings.